The van der Waals surface area contributed by atoms with Gasteiger partial charge in [-0.2, -0.15) is 4.31 Å². The number of rotatable bonds is 5. The Morgan fingerprint density at radius 2 is 1.74 bits per heavy atom. The van der Waals surface area contributed by atoms with Crippen LogP contribution in [-0.2, 0) is 16.4 Å². The average molecular weight is 385 g/mol. The van der Waals surface area contributed by atoms with E-state index >= 15 is 0 Å². The van der Waals surface area contributed by atoms with Gasteiger partial charge in [-0.05, 0) is 50.3 Å². The minimum absolute atomic E-state index is 0.0209. The van der Waals surface area contributed by atoms with Gasteiger partial charge in [0.25, 0.3) is 0 Å². The van der Waals surface area contributed by atoms with Crippen LogP contribution in [0, 0.1) is 13.8 Å². The van der Waals surface area contributed by atoms with E-state index in [0.29, 0.717) is 17.5 Å². The standard InChI is InChI=1S/C22H28N2O2S/c1-17-8-11-22(18(2)14-17)27(25,26)24-13-12-23(20-9-10-20)16-21(24)15-19-6-4-3-5-7-19/h3-8,11,14,20-21H,9-10,12-13,15-16H2,1-2H3. The monoisotopic (exact) mass is 384 g/mol. The van der Waals surface area contributed by atoms with Crippen LogP contribution in [0.25, 0.3) is 0 Å². The minimum atomic E-state index is -3.50. The highest BCUT2D eigenvalue weighted by atomic mass is 32.2. The third kappa shape index (κ3) is 3.96. The zero-order chi connectivity index (χ0) is 19.0. The number of hydrogen-bond donors (Lipinski definition) is 0. The van der Waals surface area contributed by atoms with Crippen molar-refractivity contribution < 1.29 is 8.42 Å². The Morgan fingerprint density at radius 1 is 1.00 bits per heavy atom. The maximum absolute atomic E-state index is 13.5. The van der Waals surface area contributed by atoms with Gasteiger partial charge in [-0.3, -0.25) is 4.90 Å². The lowest BCUT2D eigenvalue weighted by molar-refractivity contribution is 0.128. The Kier molecular flexibility index (Phi) is 5.10. The molecule has 1 atom stereocenters. The topological polar surface area (TPSA) is 40.6 Å². The average Bonchev–Trinajstić information content (AvgIpc) is 3.47. The zero-order valence-corrected chi connectivity index (χ0v) is 17.0. The molecule has 144 valence electrons. The van der Waals surface area contributed by atoms with E-state index in [4.69, 9.17) is 0 Å². The van der Waals surface area contributed by atoms with Crippen LogP contribution in [0.5, 0.6) is 0 Å². The summed E-state index contributed by atoms with van der Waals surface area (Å²) in [5.74, 6) is 0. The lowest BCUT2D eigenvalue weighted by Crippen LogP contribution is -2.56. The highest BCUT2D eigenvalue weighted by molar-refractivity contribution is 7.89. The van der Waals surface area contributed by atoms with Crippen LogP contribution in [0.2, 0.25) is 0 Å². The molecule has 1 saturated carbocycles. The lowest BCUT2D eigenvalue weighted by Gasteiger charge is -2.41. The van der Waals surface area contributed by atoms with Crippen LogP contribution in [0.15, 0.2) is 53.4 Å². The predicted octanol–water partition coefficient (Wildman–Crippen LogP) is 3.38. The number of benzene rings is 2. The Labute approximate surface area is 162 Å². The SMILES string of the molecule is Cc1ccc(S(=O)(=O)N2CCN(C3CC3)CC2Cc2ccccc2)c(C)c1. The maximum atomic E-state index is 13.5. The van der Waals surface area contributed by atoms with Gasteiger partial charge in [0.1, 0.15) is 0 Å². The van der Waals surface area contributed by atoms with E-state index in [-0.39, 0.29) is 6.04 Å². The molecule has 27 heavy (non-hydrogen) atoms. The molecule has 0 amide bonds. The molecule has 0 aromatic heterocycles. The van der Waals surface area contributed by atoms with Crippen LogP contribution in [0.4, 0.5) is 0 Å². The molecular formula is C22H28N2O2S. The molecule has 0 radical (unpaired) electrons. The maximum Gasteiger partial charge on any atom is 0.243 e. The molecular weight excluding hydrogens is 356 g/mol. The number of aryl methyl sites for hydroxylation is 2. The molecule has 2 aliphatic rings. The van der Waals surface area contributed by atoms with E-state index in [0.717, 1.165) is 30.6 Å². The van der Waals surface area contributed by atoms with Gasteiger partial charge in [0.05, 0.1) is 4.90 Å². The number of hydrogen-bond acceptors (Lipinski definition) is 3. The van der Waals surface area contributed by atoms with Crippen molar-refractivity contribution in [3.8, 4) is 0 Å². The fraction of sp³-hybridized carbons (Fsp3) is 0.455. The van der Waals surface area contributed by atoms with Crippen LogP contribution >= 0.6 is 0 Å². The van der Waals surface area contributed by atoms with Crippen molar-refractivity contribution in [2.45, 2.75) is 50.1 Å². The molecule has 4 nitrogen and oxygen atoms in total. The fourth-order valence-electron chi connectivity index (χ4n) is 4.22. The fourth-order valence-corrected chi connectivity index (χ4v) is 6.03. The largest absolute Gasteiger partial charge is 0.297 e. The first-order valence-corrected chi connectivity index (χ1v) is 11.3. The molecule has 2 fully saturated rings. The Bertz CT molecular complexity index is 907. The highest BCUT2D eigenvalue weighted by Gasteiger charge is 2.40. The molecule has 0 spiro atoms. The number of nitrogens with zero attached hydrogens (tertiary/aromatic N) is 2. The number of piperazine rings is 1. The van der Waals surface area contributed by atoms with Crippen molar-refractivity contribution in [3.63, 3.8) is 0 Å². The molecule has 2 aromatic rings. The van der Waals surface area contributed by atoms with Crippen molar-refractivity contribution >= 4 is 10.0 Å². The first-order chi connectivity index (χ1) is 12.9. The van der Waals surface area contributed by atoms with E-state index in [1.807, 2.05) is 44.2 Å². The molecule has 5 heteroatoms. The first kappa shape index (κ1) is 18.7. The summed E-state index contributed by atoms with van der Waals surface area (Å²) in [5, 5.41) is 0. The smallest absolute Gasteiger partial charge is 0.243 e. The molecule has 1 heterocycles. The molecule has 1 saturated heterocycles. The van der Waals surface area contributed by atoms with Gasteiger partial charge in [-0.1, -0.05) is 48.0 Å². The molecule has 2 aromatic carbocycles. The summed E-state index contributed by atoms with van der Waals surface area (Å²) in [5.41, 5.74) is 3.12. The third-order valence-corrected chi connectivity index (χ3v) is 7.87. The summed E-state index contributed by atoms with van der Waals surface area (Å²) >= 11 is 0. The van der Waals surface area contributed by atoms with Gasteiger partial charge in [0, 0.05) is 31.7 Å². The molecule has 1 unspecified atom stereocenters. The Hall–Kier alpha value is -1.69. The molecule has 1 aliphatic heterocycles. The van der Waals surface area contributed by atoms with Gasteiger partial charge in [-0.25, -0.2) is 8.42 Å². The van der Waals surface area contributed by atoms with E-state index in [9.17, 15) is 8.42 Å². The summed E-state index contributed by atoms with van der Waals surface area (Å²) in [6, 6.07) is 16.5. The van der Waals surface area contributed by atoms with Gasteiger partial charge in [0.15, 0.2) is 0 Å². The van der Waals surface area contributed by atoms with Crippen molar-refractivity contribution in [1.29, 1.82) is 0 Å². The van der Waals surface area contributed by atoms with E-state index < -0.39 is 10.0 Å². The van der Waals surface area contributed by atoms with Crippen LogP contribution in [0.3, 0.4) is 0 Å². The zero-order valence-electron chi connectivity index (χ0n) is 16.1. The molecule has 1 aliphatic carbocycles. The van der Waals surface area contributed by atoms with Crippen LogP contribution < -0.4 is 0 Å². The van der Waals surface area contributed by atoms with Gasteiger partial charge in [-0.15, -0.1) is 0 Å². The summed E-state index contributed by atoms with van der Waals surface area (Å²) < 4.78 is 28.8. The van der Waals surface area contributed by atoms with E-state index in [2.05, 4.69) is 17.0 Å². The van der Waals surface area contributed by atoms with Gasteiger partial charge >= 0.3 is 0 Å². The first-order valence-electron chi connectivity index (χ1n) is 9.82. The number of sulfonamides is 1. The van der Waals surface area contributed by atoms with Gasteiger partial charge in [0.2, 0.25) is 10.0 Å². The van der Waals surface area contributed by atoms with Crippen LogP contribution in [0.1, 0.15) is 29.5 Å². The second-order valence-electron chi connectivity index (χ2n) is 7.95. The Morgan fingerprint density at radius 3 is 2.41 bits per heavy atom. The molecule has 4 rings (SSSR count). The molecule has 0 N–H and O–H groups in total. The van der Waals surface area contributed by atoms with Crippen molar-refractivity contribution in [1.82, 2.24) is 9.21 Å². The summed E-state index contributed by atoms with van der Waals surface area (Å²) in [4.78, 5) is 2.94. The summed E-state index contributed by atoms with van der Waals surface area (Å²) in [6.07, 6.45) is 3.26. The lowest BCUT2D eigenvalue weighted by atomic mass is 10.0. The second-order valence-corrected chi connectivity index (χ2v) is 9.81. The highest BCUT2D eigenvalue weighted by Crippen LogP contribution is 2.32. The normalized spacial score (nSPS) is 22.1. The van der Waals surface area contributed by atoms with E-state index in [1.54, 1.807) is 10.4 Å². The van der Waals surface area contributed by atoms with Crippen molar-refractivity contribution in [3.05, 3.63) is 65.2 Å². The predicted molar refractivity (Wildman–Crippen MR) is 108 cm³/mol. The van der Waals surface area contributed by atoms with Crippen molar-refractivity contribution in [2.24, 2.45) is 0 Å². The van der Waals surface area contributed by atoms with Crippen LogP contribution in [-0.4, -0.2) is 49.3 Å². The second kappa shape index (κ2) is 7.38. The van der Waals surface area contributed by atoms with E-state index in [1.165, 1.54) is 18.4 Å². The third-order valence-electron chi connectivity index (χ3n) is 5.75. The minimum Gasteiger partial charge on any atom is -0.297 e. The summed E-state index contributed by atoms with van der Waals surface area (Å²) in [7, 11) is -3.50. The van der Waals surface area contributed by atoms with Crippen molar-refractivity contribution in [2.75, 3.05) is 19.6 Å². The van der Waals surface area contributed by atoms with Gasteiger partial charge < -0.3 is 0 Å². The summed E-state index contributed by atoms with van der Waals surface area (Å²) in [6.45, 7) is 6.12. The Balaban J connectivity index is 1.65. The molecule has 0 bridgehead atoms. The quantitative estimate of drug-likeness (QED) is 0.793.